The van der Waals surface area contributed by atoms with Crippen LogP contribution in [0.15, 0.2) is 160 Å². The molecule has 714 valence electrons. The number of fused-ring (bicyclic) bond motifs is 3. The van der Waals surface area contributed by atoms with Crippen LogP contribution < -0.4 is 71.7 Å². The molecule has 7 N–H and O–H groups in total. The number of benzene rings is 9. The molecular weight excluding hydrogens is 1720 g/mol. The molecule has 0 radical (unpaired) electrons. The first-order valence-corrected chi connectivity index (χ1v) is 46.2. The number of nitrogens with one attached hydrogen (secondary N) is 7. The minimum absolute atomic E-state index is 0.0536. The number of amides is 6. The van der Waals surface area contributed by atoms with E-state index in [1.807, 2.05) is 141 Å². The highest BCUT2D eigenvalue weighted by Gasteiger charge is 2.35. The maximum absolute atomic E-state index is 14.2. The number of aromatic nitrogens is 3. The second-order valence-electron chi connectivity index (χ2n) is 37.2. The monoisotopic (exact) mass is 1850 g/mol. The summed E-state index contributed by atoms with van der Waals surface area (Å²) in [6.45, 7) is 33.3. The van der Waals surface area contributed by atoms with Gasteiger partial charge in [0.2, 0.25) is 0 Å². The third kappa shape index (κ3) is 24.7. The van der Waals surface area contributed by atoms with Gasteiger partial charge in [0, 0.05) is 110 Å². The highest BCUT2D eigenvalue weighted by molar-refractivity contribution is 6.51. The van der Waals surface area contributed by atoms with E-state index in [-0.39, 0.29) is 104 Å². The van der Waals surface area contributed by atoms with Crippen LogP contribution in [0.5, 0.6) is 34.5 Å². The fraction of sp³-hybridized carbons (Fsp3) is 0.427. The molecule has 3 saturated carbocycles. The number of hydrazone groups is 1. The Morgan fingerprint density at radius 2 is 0.815 bits per heavy atom. The molecule has 1 aromatic heterocycles. The second-order valence-corrected chi connectivity index (χ2v) is 37.2. The molecule has 3 aliphatic heterocycles. The smallest absolute Gasteiger partial charge is 0.427 e. The Hall–Kier alpha value is -13.1. The van der Waals surface area contributed by atoms with Gasteiger partial charge in [-0.15, -0.1) is 0 Å². The molecule has 16 rings (SSSR count). The maximum Gasteiger partial charge on any atom is 0.427 e. The van der Waals surface area contributed by atoms with Crippen molar-refractivity contribution in [3.63, 3.8) is 0 Å². The van der Waals surface area contributed by atoms with E-state index in [0.717, 1.165) is 167 Å². The van der Waals surface area contributed by atoms with Crippen LogP contribution in [0.4, 0.5) is 16.2 Å². The average molecular weight is 1850 g/mol. The third-order valence-electron chi connectivity index (χ3n) is 24.2. The number of ether oxygens (including phenoxy) is 10. The first-order valence-electron chi connectivity index (χ1n) is 46.2. The van der Waals surface area contributed by atoms with Crippen molar-refractivity contribution < 1.29 is 80.9 Å². The number of nitrogens with zero attached hydrogens (tertiary/aromatic N) is 6. The summed E-state index contributed by atoms with van der Waals surface area (Å²) in [4.78, 5) is 128. The highest BCUT2D eigenvalue weighted by Crippen LogP contribution is 2.42. The van der Waals surface area contributed by atoms with Crippen LogP contribution in [0.2, 0.25) is 0 Å². The Bertz CT molecular complexity index is 6180. The van der Waals surface area contributed by atoms with Crippen molar-refractivity contribution in [3.05, 3.63) is 211 Å². The van der Waals surface area contributed by atoms with Gasteiger partial charge in [0.25, 0.3) is 40.9 Å². The number of rotatable bonds is 31. The van der Waals surface area contributed by atoms with E-state index in [0.29, 0.717) is 89.0 Å². The number of Topliss-reactive ketones (excluding diaryl/α,β-unsaturated/α-hetero) is 1. The Morgan fingerprint density at radius 3 is 1.22 bits per heavy atom. The molecule has 32 nitrogen and oxygen atoms in total. The highest BCUT2D eigenvalue weighted by atomic mass is 16.6. The lowest BCUT2D eigenvalue weighted by atomic mass is 9.85. The van der Waals surface area contributed by atoms with Crippen LogP contribution in [-0.4, -0.2) is 241 Å². The molecule has 0 spiro atoms. The van der Waals surface area contributed by atoms with Crippen LogP contribution >= 0.6 is 0 Å². The number of morpholine rings is 3. The van der Waals surface area contributed by atoms with Gasteiger partial charge in [0.05, 0.1) is 101 Å². The van der Waals surface area contributed by atoms with Gasteiger partial charge in [-0.2, -0.15) is 10.2 Å². The Balaban J connectivity index is 0.000000163. The third-order valence-corrected chi connectivity index (χ3v) is 24.2. The molecule has 6 fully saturated rings. The average Bonchev–Trinajstić information content (AvgIpc) is 1.75. The number of aromatic amines is 1. The predicted octanol–water partition coefficient (Wildman–Crippen LogP) is 13.1. The van der Waals surface area contributed by atoms with E-state index in [2.05, 4.69) is 62.0 Å². The zero-order chi connectivity index (χ0) is 95.8. The van der Waals surface area contributed by atoms with Gasteiger partial charge in [-0.05, 0) is 167 Å². The van der Waals surface area contributed by atoms with Crippen LogP contribution in [0.25, 0.3) is 49.3 Å². The van der Waals surface area contributed by atoms with Crippen molar-refractivity contribution in [1.82, 2.24) is 50.8 Å². The van der Waals surface area contributed by atoms with Gasteiger partial charge in [-0.3, -0.25) is 48.3 Å². The van der Waals surface area contributed by atoms with Crippen molar-refractivity contribution in [3.8, 4) is 51.4 Å². The number of anilines is 2. The quantitative estimate of drug-likeness (QED) is 0.00918. The lowest BCUT2D eigenvalue weighted by molar-refractivity contribution is -0.112. The molecule has 0 unspecified atom stereocenters. The number of carbonyl (C=O) groups is 7. The maximum atomic E-state index is 14.2. The molecular formula is C103H123N13O19. The van der Waals surface area contributed by atoms with Gasteiger partial charge in [-0.1, -0.05) is 135 Å². The standard InChI is InChI=1S/C36H45N5O7.C34H39N5O6.C33H39N3O6/c1-6-47-35(44)40-39-31(27-13-14-30(26-10-8-7-9-25(26)27)48-20-17-41-15-18-46-19-16-41)34(43)38-29-22-23(36(2,3)4)21-28(32(29)45-5)33(42)37-24-11-12-24;1-34(2,3)21-19-26(31(40)35-22-9-10-22)30(43-4)27(20-21)39-32(41)29(36-37-33(39)42)25-11-12-28(24-8-6-5-7-23(24)25)45-18-15-38-13-16-44-17-14-38;1-33(2,3)21-19-26(31(38)34-22-9-10-22)30(40-4)27(20-21)35-32(39)29(37)25-11-12-28(24-8-6-5-7-23(24)25)42-18-15-36-13-16-41-17-14-36/h7-10,13-14,21-22,24H,6,11-12,15-20H2,1-5H3,(H,37,42)(H,38,43)(H,40,44);5-8,11-12,19-20,22H,9-10,13-18H2,1-4H3,(H,35,40)(H,37,42);5-8,11-12,19-20,22H,9-10,13-18H2,1-4H3,(H,34,38)(H,35,39). The van der Waals surface area contributed by atoms with Gasteiger partial charge in [-0.25, -0.2) is 24.7 Å². The van der Waals surface area contributed by atoms with Gasteiger partial charge in [0.1, 0.15) is 37.1 Å². The molecule has 0 atom stereocenters. The van der Waals surface area contributed by atoms with E-state index < -0.39 is 40.4 Å². The van der Waals surface area contributed by atoms with Crippen molar-refractivity contribution in [1.29, 1.82) is 0 Å². The molecule has 10 aromatic rings. The first-order chi connectivity index (χ1) is 64.9. The van der Waals surface area contributed by atoms with Gasteiger partial charge >= 0.3 is 11.8 Å². The molecule has 0 bridgehead atoms. The molecule has 6 aliphatic rings. The Labute approximate surface area is 785 Å². The van der Waals surface area contributed by atoms with Crippen molar-refractivity contribution in [2.24, 2.45) is 5.10 Å². The number of ketones is 1. The molecule has 3 saturated heterocycles. The number of H-pyrrole nitrogens is 1. The van der Waals surface area contributed by atoms with Crippen molar-refractivity contribution in [2.45, 2.75) is 142 Å². The van der Waals surface area contributed by atoms with Crippen molar-refractivity contribution >= 4 is 90.8 Å². The normalized spacial score (nSPS) is 15.6. The molecule has 6 amide bonds. The second kappa shape index (κ2) is 43.9. The molecule has 9 aromatic carbocycles. The van der Waals surface area contributed by atoms with E-state index in [4.69, 9.17) is 47.4 Å². The summed E-state index contributed by atoms with van der Waals surface area (Å²) >= 11 is 0. The number of hydrogen-bond donors (Lipinski definition) is 7. The lowest BCUT2D eigenvalue weighted by Crippen LogP contribution is -2.38. The fourth-order valence-corrected chi connectivity index (χ4v) is 16.1. The van der Waals surface area contributed by atoms with E-state index >= 15 is 0 Å². The number of methoxy groups -OCH3 is 3. The minimum atomic E-state index is -0.820. The van der Waals surface area contributed by atoms with E-state index in [1.54, 1.807) is 73.7 Å². The summed E-state index contributed by atoms with van der Waals surface area (Å²) in [5, 5.41) is 30.1. The topological polar surface area (TPSA) is 374 Å². The van der Waals surface area contributed by atoms with Gasteiger partial charge in [0.15, 0.2) is 28.7 Å². The minimum Gasteiger partial charge on any atom is -0.494 e. The summed E-state index contributed by atoms with van der Waals surface area (Å²) in [6, 6.07) is 44.2. The summed E-state index contributed by atoms with van der Waals surface area (Å²) in [6.07, 6.45) is 4.76. The molecule has 4 heterocycles. The number of hydrogen-bond acceptors (Lipinski definition) is 24. The fourth-order valence-electron chi connectivity index (χ4n) is 16.1. The van der Waals surface area contributed by atoms with Crippen LogP contribution in [0, 0.1) is 0 Å². The summed E-state index contributed by atoms with van der Waals surface area (Å²) in [5.74, 6) is -0.408. The van der Waals surface area contributed by atoms with Crippen LogP contribution in [-0.2, 0) is 44.8 Å². The summed E-state index contributed by atoms with van der Waals surface area (Å²) in [5.41, 5.74) is 5.22. The van der Waals surface area contributed by atoms with Gasteiger partial charge < -0.3 is 74.0 Å². The largest absolute Gasteiger partial charge is 0.494 e. The summed E-state index contributed by atoms with van der Waals surface area (Å²) < 4.78 is 57.9. The summed E-state index contributed by atoms with van der Waals surface area (Å²) in [7, 11) is 4.33. The van der Waals surface area contributed by atoms with E-state index in [1.165, 1.54) is 21.3 Å². The first kappa shape index (κ1) is 97.9. The molecule has 3 aliphatic carbocycles. The Morgan fingerprint density at radius 1 is 0.444 bits per heavy atom. The van der Waals surface area contributed by atoms with E-state index in [9.17, 15) is 43.2 Å². The van der Waals surface area contributed by atoms with Crippen LogP contribution in [0.1, 0.15) is 171 Å². The van der Waals surface area contributed by atoms with Crippen LogP contribution in [0.3, 0.4) is 0 Å². The lowest BCUT2D eigenvalue weighted by Gasteiger charge is -2.26. The molecule has 32 heteroatoms. The SMILES string of the molecule is CCOC(=O)NN=C(C(=O)Nc1cc(C(C)(C)C)cc(C(=O)NC2CC2)c1OC)c1ccc(OCCN2CCOCC2)c2ccccc12.COc1c(C(=O)NC2CC2)cc(C(C)(C)C)cc1-n1c(=O)[nH]nc(-c2ccc(OCCN3CCOCC3)c3ccccc23)c1=O.COc1c(NC(=O)C(=O)c2ccc(OCCN3CCOCC3)c3ccccc23)cc(C(C)(C)C)cc1C(=O)NC1CC1. The van der Waals surface area contributed by atoms with Crippen molar-refractivity contribution in [2.75, 3.05) is 157 Å². The molecule has 135 heavy (non-hydrogen) atoms. The zero-order valence-corrected chi connectivity index (χ0v) is 79.2. The number of carbonyl (C=O) groups excluding carboxylic acids is 7. The zero-order valence-electron chi connectivity index (χ0n) is 79.2. The predicted molar refractivity (Wildman–Crippen MR) is 518 cm³/mol. The Kier molecular flexibility index (Phi) is 31.9.